The molecule has 0 aliphatic carbocycles. The van der Waals surface area contributed by atoms with Crippen LogP contribution in [-0.4, -0.2) is 21.3 Å². The zero-order valence-corrected chi connectivity index (χ0v) is 10.0. The standard InChI is InChI=1S/C13H14N2O3/c1-9-12(11(7-16)15-14-9)13(17)18-8-10-5-3-2-4-6-10/h2-6,16H,7-8H2,1H3,(H,14,15). The van der Waals surface area contributed by atoms with Gasteiger partial charge in [-0.05, 0) is 12.5 Å². The van der Waals surface area contributed by atoms with E-state index in [4.69, 9.17) is 9.84 Å². The third kappa shape index (κ3) is 2.57. The summed E-state index contributed by atoms with van der Waals surface area (Å²) in [5, 5.41) is 15.6. The average molecular weight is 246 g/mol. The van der Waals surface area contributed by atoms with Crippen LogP contribution in [0.25, 0.3) is 0 Å². The largest absolute Gasteiger partial charge is 0.457 e. The van der Waals surface area contributed by atoms with Gasteiger partial charge in [0.1, 0.15) is 17.9 Å². The Morgan fingerprint density at radius 3 is 2.78 bits per heavy atom. The summed E-state index contributed by atoms with van der Waals surface area (Å²) in [5.41, 5.74) is 2.13. The zero-order chi connectivity index (χ0) is 13.0. The maximum atomic E-state index is 11.9. The molecule has 0 aliphatic rings. The first-order valence-corrected chi connectivity index (χ1v) is 5.58. The fourth-order valence-corrected chi connectivity index (χ4v) is 1.66. The maximum absolute atomic E-state index is 11.9. The molecule has 0 saturated carbocycles. The molecule has 1 aromatic carbocycles. The van der Waals surface area contributed by atoms with Gasteiger partial charge in [-0.2, -0.15) is 5.10 Å². The summed E-state index contributed by atoms with van der Waals surface area (Å²) in [6.45, 7) is 1.63. The first-order valence-electron chi connectivity index (χ1n) is 5.58. The van der Waals surface area contributed by atoms with Gasteiger partial charge in [-0.1, -0.05) is 30.3 Å². The highest BCUT2D eigenvalue weighted by molar-refractivity contribution is 5.91. The quantitative estimate of drug-likeness (QED) is 0.803. The highest BCUT2D eigenvalue weighted by Gasteiger charge is 2.18. The van der Waals surface area contributed by atoms with E-state index < -0.39 is 5.97 Å². The number of aryl methyl sites for hydroxylation is 1. The van der Waals surface area contributed by atoms with E-state index in [1.165, 1.54) is 0 Å². The van der Waals surface area contributed by atoms with Crippen LogP contribution in [0, 0.1) is 6.92 Å². The van der Waals surface area contributed by atoms with Crippen LogP contribution in [0.3, 0.4) is 0 Å². The molecule has 94 valence electrons. The number of carbonyl (C=O) groups is 1. The van der Waals surface area contributed by atoms with Crippen molar-refractivity contribution in [2.24, 2.45) is 0 Å². The van der Waals surface area contributed by atoms with Gasteiger partial charge in [-0.15, -0.1) is 0 Å². The molecule has 0 atom stereocenters. The molecule has 2 rings (SSSR count). The normalized spacial score (nSPS) is 10.3. The first-order chi connectivity index (χ1) is 8.72. The number of nitrogens with zero attached hydrogens (tertiary/aromatic N) is 1. The number of carbonyl (C=O) groups excluding carboxylic acids is 1. The summed E-state index contributed by atoms with van der Waals surface area (Å²) in [6, 6.07) is 9.41. The molecule has 0 unspecified atom stereocenters. The van der Waals surface area contributed by atoms with Crippen LogP contribution in [0.2, 0.25) is 0 Å². The average Bonchev–Trinajstić information content (AvgIpc) is 2.78. The van der Waals surface area contributed by atoms with Crippen molar-refractivity contribution in [1.29, 1.82) is 0 Å². The third-order valence-corrected chi connectivity index (χ3v) is 2.59. The van der Waals surface area contributed by atoms with Gasteiger partial charge < -0.3 is 9.84 Å². The molecule has 0 fully saturated rings. The van der Waals surface area contributed by atoms with Crippen molar-refractivity contribution in [3.8, 4) is 0 Å². The number of aromatic nitrogens is 2. The monoisotopic (exact) mass is 246 g/mol. The van der Waals surface area contributed by atoms with E-state index in [0.717, 1.165) is 5.56 Å². The summed E-state index contributed by atoms with van der Waals surface area (Å²) in [5.74, 6) is -0.478. The Bertz CT molecular complexity index is 534. The van der Waals surface area contributed by atoms with Gasteiger partial charge in [-0.25, -0.2) is 4.79 Å². The van der Waals surface area contributed by atoms with E-state index in [-0.39, 0.29) is 13.2 Å². The first kappa shape index (κ1) is 12.3. The lowest BCUT2D eigenvalue weighted by atomic mass is 10.2. The second-order valence-electron chi connectivity index (χ2n) is 3.89. The Balaban J connectivity index is 2.06. The molecule has 0 aliphatic heterocycles. The van der Waals surface area contributed by atoms with Crippen molar-refractivity contribution in [3.63, 3.8) is 0 Å². The highest BCUT2D eigenvalue weighted by atomic mass is 16.5. The van der Waals surface area contributed by atoms with Crippen LogP contribution >= 0.6 is 0 Å². The lowest BCUT2D eigenvalue weighted by Crippen LogP contribution is -2.08. The molecule has 0 spiro atoms. The van der Waals surface area contributed by atoms with Crippen molar-refractivity contribution in [2.75, 3.05) is 0 Å². The molecule has 1 aromatic heterocycles. The summed E-state index contributed by atoms with van der Waals surface area (Å²) in [6.07, 6.45) is 0. The highest BCUT2D eigenvalue weighted by Crippen LogP contribution is 2.13. The van der Waals surface area contributed by atoms with Gasteiger partial charge in [-0.3, -0.25) is 5.10 Å². The number of aliphatic hydroxyl groups excluding tert-OH is 1. The Kier molecular flexibility index (Phi) is 3.74. The maximum Gasteiger partial charge on any atom is 0.342 e. The summed E-state index contributed by atoms with van der Waals surface area (Å²) >= 11 is 0. The van der Waals surface area contributed by atoms with Crippen molar-refractivity contribution < 1.29 is 14.6 Å². The fraction of sp³-hybridized carbons (Fsp3) is 0.231. The smallest absolute Gasteiger partial charge is 0.342 e. The van der Waals surface area contributed by atoms with Gasteiger partial charge in [0.15, 0.2) is 0 Å². The molecule has 0 saturated heterocycles. The number of H-pyrrole nitrogens is 1. The number of esters is 1. The van der Waals surface area contributed by atoms with Gasteiger partial charge in [0.05, 0.1) is 6.61 Å². The topological polar surface area (TPSA) is 75.2 Å². The second kappa shape index (κ2) is 5.46. The molecule has 2 N–H and O–H groups in total. The zero-order valence-electron chi connectivity index (χ0n) is 10.0. The van der Waals surface area contributed by atoms with Gasteiger partial charge in [0, 0.05) is 5.69 Å². The summed E-state index contributed by atoms with van der Waals surface area (Å²) in [4.78, 5) is 11.9. The number of hydrogen-bond donors (Lipinski definition) is 2. The minimum atomic E-state index is -0.478. The molecular formula is C13H14N2O3. The SMILES string of the molecule is Cc1[nH]nc(CO)c1C(=O)OCc1ccccc1. The van der Waals surface area contributed by atoms with Gasteiger partial charge >= 0.3 is 5.97 Å². The Morgan fingerprint density at radius 1 is 1.39 bits per heavy atom. The van der Waals surface area contributed by atoms with Crippen molar-refractivity contribution >= 4 is 5.97 Å². The van der Waals surface area contributed by atoms with Crippen LogP contribution in [0.1, 0.15) is 27.3 Å². The van der Waals surface area contributed by atoms with Crippen molar-refractivity contribution in [1.82, 2.24) is 10.2 Å². The summed E-state index contributed by atoms with van der Waals surface area (Å²) in [7, 11) is 0. The van der Waals surface area contributed by atoms with E-state index in [1.807, 2.05) is 30.3 Å². The molecule has 0 radical (unpaired) electrons. The van der Waals surface area contributed by atoms with Crippen LogP contribution < -0.4 is 0 Å². The van der Waals surface area contributed by atoms with E-state index in [0.29, 0.717) is 17.0 Å². The fourth-order valence-electron chi connectivity index (χ4n) is 1.66. The molecule has 5 nitrogen and oxygen atoms in total. The molecule has 18 heavy (non-hydrogen) atoms. The lowest BCUT2D eigenvalue weighted by Gasteiger charge is -2.05. The minimum absolute atomic E-state index is 0.204. The number of nitrogens with one attached hydrogen (secondary N) is 1. The van der Waals surface area contributed by atoms with E-state index in [9.17, 15) is 4.79 Å². The van der Waals surface area contributed by atoms with Crippen molar-refractivity contribution in [3.05, 3.63) is 52.8 Å². The van der Waals surface area contributed by atoms with Gasteiger partial charge in [0.2, 0.25) is 0 Å². The van der Waals surface area contributed by atoms with E-state index in [1.54, 1.807) is 6.92 Å². The van der Waals surface area contributed by atoms with Crippen LogP contribution in [-0.2, 0) is 18.0 Å². The molecule has 2 aromatic rings. The summed E-state index contributed by atoms with van der Waals surface area (Å²) < 4.78 is 5.19. The number of rotatable bonds is 4. The van der Waals surface area contributed by atoms with E-state index >= 15 is 0 Å². The number of benzene rings is 1. The number of aromatic amines is 1. The third-order valence-electron chi connectivity index (χ3n) is 2.59. The van der Waals surface area contributed by atoms with Crippen LogP contribution in [0.15, 0.2) is 30.3 Å². The Morgan fingerprint density at radius 2 is 2.11 bits per heavy atom. The molecule has 0 amide bonds. The van der Waals surface area contributed by atoms with Crippen LogP contribution in [0.4, 0.5) is 0 Å². The van der Waals surface area contributed by atoms with Gasteiger partial charge in [0.25, 0.3) is 0 Å². The predicted molar refractivity (Wildman–Crippen MR) is 64.8 cm³/mol. The molecule has 0 bridgehead atoms. The number of aliphatic hydroxyl groups is 1. The second-order valence-corrected chi connectivity index (χ2v) is 3.89. The number of ether oxygens (including phenoxy) is 1. The number of hydrogen-bond acceptors (Lipinski definition) is 4. The molecule has 5 heteroatoms. The van der Waals surface area contributed by atoms with Crippen LogP contribution in [0.5, 0.6) is 0 Å². The Hall–Kier alpha value is -2.14. The minimum Gasteiger partial charge on any atom is -0.457 e. The molecule has 1 heterocycles. The Labute approximate surface area is 104 Å². The lowest BCUT2D eigenvalue weighted by molar-refractivity contribution is 0.0468. The van der Waals surface area contributed by atoms with E-state index in [2.05, 4.69) is 10.2 Å². The van der Waals surface area contributed by atoms with Crippen molar-refractivity contribution in [2.45, 2.75) is 20.1 Å². The predicted octanol–water partition coefficient (Wildman–Crippen LogP) is 1.57. The molecular weight excluding hydrogens is 232 g/mol.